The molecule has 6 nitrogen and oxygen atoms in total. The van der Waals surface area contributed by atoms with Gasteiger partial charge in [-0.3, -0.25) is 4.79 Å². The topological polar surface area (TPSA) is 73.9 Å². The van der Waals surface area contributed by atoms with Crippen molar-refractivity contribution in [1.29, 1.82) is 0 Å². The Morgan fingerprint density at radius 3 is 2.12 bits per heavy atom. The highest BCUT2D eigenvalue weighted by atomic mass is 16.5. The molecule has 0 heterocycles. The lowest BCUT2D eigenvalue weighted by molar-refractivity contribution is -0.123. The largest absolute Gasteiger partial charge is 0.497 e. The van der Waals surface area contributed by atoms with Gasteiger partial charge in [0.1, 0.15) is 11.5 Å². The summed E-state index contributed by atoms with van der Waals surface area (Å²) in [6, 6.07) is 13.8. The molecule has 1 amide bonds. The number of carbonyl (C=O) groups is 2. The highest BCUT2D eigenvalue weighted by molar-refractivity contribution is 5.89. The number of methoxy groups -OCH3 is 2. The van der Waals surface area contributed by atoms with Gasteiger partial charge < -0.3 is 19.5 Å². The molecule has 1 N–H and O–H groups in total. The van der Waals surface area contributed by atoms with Gasteiger partial charge in [-0.1, -0.05) is 12.1 Å². The van der Waals surface area contributed by atoms with Gasteiger partial charge in [0.25, 0.3) is 5.91 Å². The quantitative estimate of drug-likeness (QED) is 0.788. The number of amides is 1. The summed E-state index contributed by atoms with van der Waals surface area (Å²) < 4.78 is 15.1. The van der Waals surface area contributed by atoms with Gasteiger partial charge in [0.05, 0.1) is 19.8 Å². The van der Waals surface area contributed by atoms with Crippen molar-refractivity contribution in [2.45, 2.75) is 6.54 Å². The molecule has 0 aromatic heterocycles. The Labute approximate surface area is 140 Å². The Balaban J connectivity index is 1.77. The Morgan fingerprint density at radius 1 is 0.917 bits per heavy atom. The number of hydrogen-bond donors (Lipinski definition) is 1. The van der Waals surface area contributed by atoms with Crippen LogP contribution < -0.4 is 14.8 Å². The van der Waals surface area contributed by atoms with Crippen LogP contribution in [0.3, 0.4) is 0 Å². The maximum Gasteiger partial charge on any atom is 0.337 e. The van der Waals surface area contributed by atoms with Crippen molar-refractivity contribution in [3.63, 3.8) is 0 Å². The van der Waals surface area contributed by atoms with Crippen molar-refractivity contribution < 1.29 is 23.8 Å². The minimum Gasteiger partial charge on any atom is -0.497 e. The van der Waals surface area contributed by atoms with Crippen LogP contribution >= 0.6 is 0 Å². The van der Waals surface area contributed by atoms with Crippen LogP contribution in [-0.4, -0.2) is 32.7 Å². The average Bonchev–Trinajstić information content (AvgIpc) is 2.64. The predicted octanol–water partition coefficient (Wildman–Crippen LogP) is 2.18. The lowest BCUT2D eigenvalue weighted by Gasteiger charge is -2.08. The van der Waals surface area contributed by atoms with Crippen molar-refractivity contribution in [2.24, 2.45) is 0 Å². The highest BCUT2D eigenvalue weighted by Gasteiger charge is 2.06. The van der Waals surface area contributed by atoms with Gasteiger partial charge in [-0.05, 0) is 42.0 Å². The zero-order valence-corrected chi connectivity index (χ0v) is 13.6. The van der Waals surface area contributed by atoms with Crippen molar-refractivity contribution in [2.75, 3.05) is 20.8 Å². The number of carbonyl (C=O) groups excluding carboxylic acids is 2. The molecular weight excluding hydrogens is 310 g/mol. The van der Waals surface area contributed by atoms with Crippen molar-refractivity contribution in [1.82, 2.24) is 5.32 Å². The van der Waals surface area contributed by atoms with Crippen LogP contribution in [-0.2, 0) is 16.1 Å². The second kappa shape index (κ2) is 8.57. The summed E-state index contributed by atoms with van der Waals surface area (Å²) in [4.78, 5) is 23.1. The first-order valence-corrected chi connectivity index (χ1v) is 7.33. The van der Waals surface area contributed by atoms with E-state index < -0.39 is 5.97 Å². The molecule has 0 fully saturated rings. The predicted molar refractivity (Wildman–Crippen MR) is 88.1 cm³/mol. The molecule has 2 rings (SSSR count). The summed E-state index contributed by atoms with van der Waals surface area (Å²) >= 11 is 0. The average molecular weight is 329 g/mol. The van der Waals surface area contributed by atoms with E-state index >= 15 is 0 Å². The van der Waals surface area contributed by atoms with E-state index in [1.54, 1.807) is 31.4 Å². The van der Waals surface area contributed by atoms with Crippen LogP contribution in [0.15, 0.2) is 48.5 Å². The first kappa shape index (κ1) is 17.3. The Kier molecular flexibility index (Phi) is 6.19. The number of ether oxygens (including phenoxy) is 3. The van der Waals surface area contributed by atoms with Crippen molar-refractivity contribution in [3.05, 3.63) is 59.7 Å². The van der Waals surface area contributed by atoms with Crippen LogP contribution in [0.2, 0.25) is 0 Å². The summed E-state index contributed by atoms with van der Waals surface area (Å²) in [5.41, 5.74) is 1.39. The Bertz CT molecular complexity index is 680. The van der Waals surface area contributed by atoms with Gasteiger partial charge in [0.15, 0.2) is 6.61 Å². The van der Waals surface area contributed by atoms with E-state index in [2.05, 4.69) is 10.1 Å². The fourth-order valence-electron chi connectivity index (χ4n) is 1.95. The minimum atomic E-state index is -0.418. The van der Waals surface area contributed by atoms with E-state index in [0.29, 0.717) is 17.9 Å². The normalized spacial score (nSPS) is 9.92. The second-order valence-corrected chi connectivity index (χ2v) is 4.93. The summed E-state index contributed by atoms with van der Waals surface area (Å²) in [6.07, 6.45) is 0. The van der Waals surface area contributed by atoms with E-state index in [1.807, 2.05) is 24.3 Å². The summed E-state index contributed by atoms with van der Waals surface area (Å²) in [5.74, 6) is 0.618. The smallest absolute Gasteiger partial charge is 0.337 e. The van der Waals surface area contributed by atoms with Crippen LogP contribution in [0.1, 0.15) is 15.9 Å². The lowest BCUT2D eigenvalue weighted by Crippen LogP contribution is -2.28. The maximum atomic E-state index is 11.8. The van der Waals surface area contributed by atoms with Gasteiger partial charge >= 0.3 is 5.97 Å². The SMILES string of the molecule is COC(=O)c1ccc(OCC(=O)NCc2ccc(OC)cc2)cc1. The van der Waals surface area contributed by atoms with E-state index in [-0.39, 0.29) is 12.5 Å². The molecular formula is C18H19NO5. The molecule has 0 aliphatic rings. The molecule has 0 bridgehead atoms. The molecule has 2 aromatic carbocycles. The molecule has 0 aliphatic heterocycles. The van der Waals surface area contributed by atoms with Crippen molar-refractivity contribution in [3.8, 4) is 11.5 Å². The molecule has 0 saturated heterocycles. The standard InChI is InChI=1S/C18H19NO5/c1-22-15-7-3-13(4-8-15)11-19-17(20)12-24-16-9-5-14(6-10-16)18(21)23-2/h3-10H,11-12H2,1-2H3,(H,19,20). The Hall–Kier alpha value is -3.02. The van der Waals surface area contributed by atoms with Gasteiger partial charge in [0.2, 0.25) is 0 Å². The Morgan fingerprint density at radius 2 is 1.54 bits per heavy atom. The number of rotatable bonds is 7. The number of nitrogens with one attached hydrogen (secondary N) is 1. The number of hydrogen-bond acceptors (Lipinski definition) is 5. The van der Waals surface area contributed by atoms with Crippen LogP contribution in [0.4, 0.5) is 0 Å². The van der Waals surface area contributed by atoms with Crippen LogP contribution in [0, 0.1) is 0 Å². The number of esters is 1. The van der Waals surface area contributed by atoms with Gasteiger partial charge in [0, 0.05) is 6.54 Å². The lowest BCUT2D eigenvalue weighted by atomic mass is 10.2. The third-order valence-corrected chi connectivity index (χ3v) is 3.29. The third kappa shape index (κ3) is 5.01. The monoisotopic (exact) mass is 329 g/mol. The molecule has 0 unspecified atom stereocenters. The fourth-order valence-corrected chi connectivity index (χ4v) is 1.95. The third-order valence-electron chi connectivity index (χ3n) is 3.29. The maximum absolute atomic E-state index is 11.8. The molecule has 0 aliphatic carbocycles. The van der Waals surface area contributed by atoms with Crippen LogP contribution in [0.5, 0.6) is 11.5 Å². The van der Waals surface area contributed by atoms with E-state index in [1.165, 1.54) is 7.11 Å². The zero-order valence-electron chi connectivity index (χ0n) is 13.6. The van der Waals surface area contributed by atoms with E-state index in [4.69, 9.17) is 9.47 Å². The zero-order chi connectivity index (χ0) is 17.4. The first-order chi connectivity index (χ1) is 11.6. The molecule has 6 heteroatoms. The van der Waals surface area contributed by atoms with Gasteiger partial charge in [-0.25, -0.2) is 4.79 Å². The molecule has 0 radical (unpaired) electrons. The van der Waals surface area contributed by atoms with Crippen molar-refractivity contribution >= 4 is 11.9 Å². The molecule has 2 aromatic rings. The van der Waals surface area contributed by atoms with Gasteiger partial charge in [-0.2, -0.15) is 0 Å². The summed E-state index contributed by atoms with van der Waals surface area (Å²) in [6.45, 7) is 0.307. The summed E-state index contributed by atoms with van der Waals surface area (Å²) in [7, 11) is 2.92. The number of benzene rings is 2. The molecule has 24 heavy (non-hydrogen) atoms. The minimum absolute atomic E-state index is 0.103. The van der Waals surface area contributed by atoms with Crippen LogP contribution in [0.25, 0.3) is 0 Å². The van der Waals surface area contributed by atoms with E-state index in [9.17, 15) is 9.59 Å². The van der Waals surface area contributed by atoms with E-state index in [0.717, 1.165) is 11.3 Å². The molecule has 0 spiro atoms. The van der Waals surface area contributed by atoms with Gasteiger partial charge in [-0.15, -0.1) is 0 Å². The first-order valence-electron chi connectivity index (χ1n) is 7.33. The molecule has 0 atom stereocenters. The fraction of sp³-hybridized carbons (Fsp3) is 0.222. The second-order valence-electron chi connectivity index (χ2n) is 4.93. The summed E-state index contributed by atoms with van der Waals surface area (Å²) in [5, 5.41) is 2.77. The highest BCUT2D eigenvalue weighted by Crippen LogP contribution is 2.13. The molecule has 126 valence electrons. The molecule has 0 saturated carbocycles.